The summed E-state index contributed by atoms with van der Waals surface area (Å²) in [5.41, 5.74) is 4.59. The van der Waals surface area contributed by atoms with Gasteiger partial charge in [-0.25, -0.2) is 14.5 Å². The second kappa shape index (κ2) is 9.12. The molecule has 3 amide bonds. The highest BCUT2D eigenvalue weighted by Crippen LogP contribution is 2.24. The van der Waals surface area contributed by atoms with Gasteiger partial charge in [-0.3, -0.25) is 4.79 Å². The van der Waals surface area contributed by atoms with Crippen LogP contribution in [0.1, 0.15) is 41.5 Å². The zero-order valence-corrected chi connectivity index (χ0v) is 19.0. The second-order valence-electron chi connectivity index (χ2n) is 8.15. The molecular formula is C25H26N6O2. The number of aromatic nitrogens is 3. The highest BCUT2D eigenvalue weighted by molar-refractivity contribution is 6.07. The first-order valence-electron chi connectivity index (χ1n) is 10.7. The maximum absolute atomic E-state index is 13.1. The summed E-state index contributed by atoms with van der Waals surface area (Å²) >= 11 is 0. The van der Waals surface area contributed by atoms with Crippen molar-refractivity contribution >= 4 is 40.0 Å². The first kappa shape index (κ1) is 22.0. The van der Waals surface area contributed by atoms with Crippen molar-refractivity contribution in [1.82, 2.24) is 14.8 Å². The summed E-state index contributed by atoms with van der Waals surface area (Å²) in [6.45, 7) is 7.77. The number of para-hydroxylation sites is 1. The van der Waals surface area contributed by atoms with Gasteiger partial charge >= 0.3 is 6.03 Å². The number of anilines is 3. The molecule has 0 saturated carbocycles. The first-order valence-corrected chi connectivity index (χ1v) is 10.7. The van der Waals surface area contributed by atoms with Crippen LogP contribution in [0.3, 0.4) is 0 Å². The number of nitrogens with one attached hydrogen (secondary N) is 3. The lowest BCUT2D eigenvalue weighted by Crippen LogP contribution is -2.20. The molecule has 8 nitrogen and oxygen atoms in total. The molecule has 0 aliphatic carbocycles. The van der Waals surface area contributed by atoms with Crippen molar-refractivity contribution in [3.63, 3.8) is 0 Å². The molecule has 0 radical (unpaired) electrons. The highest BCUT2D eigenvalue weighted by Gasteiger charge is 2.16. The number of benzene rings is 2. The van der Waals surface area contributed by atoms with Crippen molar-refractivity contribution in [3.05, 3.63) is 77.6 Å². The van der Waals surface area contributed by atoms with E-state index in [1.54, 1.807) is 30.5 Å². The van der Waals surface area contributed by atoms with Crippen LogP contribution in [0.4, 0.5) is 21.9 Å². The van der Waals surface area contributed by atoms with E-state index in [1.807, 2.05) is 62.7 Å². The normalized spacial score (nSPS) is 10.9. The van der Waals surface area contributed by atoms with E-state index in [2.05, 4.69) is 26.0 Å². The maximum atomic E-state index is 13.1. The van der Waals surface area contributed by atoms with Crippen molar-refractivity contribution in [1.29, 1.82) is 0 Å². The minimum Gasteiger partial charge on any atom is -0.322 e. The first-order chi connectivity index (χ1) is 15.8. The summed E-state index contributed by atoms with van der Waals surface area (Å²) < 4.78 is 1.84. The number of fused-ring (bicyclic) bond motifs is 1. The van der Waals surface area contributed by atoms with Gasteiger partial charge in [-0.2, -0.15) is 5.10 Å². The number of hydrogen-bond donors (Lipinski definition) is 3. The van der Waals surface area contributed by atoms with Gasteiger partial charge in [-0.15, -0.1) is 0 Å². The van der Waals surface area contributed by atoms with Gasteiger partial charge in [0.05, 0.1) is 17.5 Å². The van der Waals surface area contributed by atoms with Crippen LogP contribution in [0.25, 0.3) is 11.0 Å². The van der Waals surface area contributed by atoms with E-state index in [1.165, 1.54) is 0 Å². The Labute approximate surface area is 192 Å². The molecule has 8 heteroatoms. The molecule has 0 aliphatic heterocycles. The molecule has 2 aromatic carbocycles. The maximum Gasteiger partial charge on any atom is 0.323 e. The Morgan fingerprint density at radius 1 is 0.909 bits per heavy atom. The predicted molar refractivity (Wildman–Crippen MR) is 131 cm³/mol. The van der Waals surface area contributed by atoms with E-state index in [0.29, 0.717) is 28.3 Å². The average molecular weight is 443 g/mol. The smallest absolute Gasteiger partial charge is 0.322 e. The van der Waals surface area contributed by atoms with Gasteiger partial charge in [0.1, 0.15) is 0 Å². The van der Waals surface area contributed by atoms with Gasteiger partial charge < -0.3 is 16.0 Å². The predicted octanol–water partition coefficient (Wildman–Crippen LogP) is 5.53. The number of aryl methyl sites for hydroxylation is 2. The van der Waals surface area contributed by atoms with Crippen molar-refractivity contribution in [2.45, 2.75) is 33.7 Å². The fourth-order valence-corrected chi connectivity index (χ4v) is 3.51. The number of carbonyl (C=O) groups excluding carboxylic acids is 2. The lowest BCUT2D eigenvalue weighted by molar-refractivity contribution is 0.102. The number of rotatable bonds is 5. The summed E-state index contributed by atoms with van der Waals surface area (Å²) in [7, 11) is 0. The van der Waals surface area contributed by atoms with Crippen LogP contribution in [-0.4, -0.2) is 26.7 Å². The third-order valence-electron chi connectivity index (χ3n) is 5.27. The standard InChI is InChI=1S/C25H26N6O2/c1-15(2)31-23-18(14-26-31)12-21(17(4)27-23)24(32)30-22-13-20(11-10-16(22)3)29-25(33)28-19-8-6-5-7-9-19/h5-15H,1-4H3,(H,30,32)(H2,28,29,33). The van der Waals surface area contributed by atoms with E-state index in [4.69, 9.17) is 0 Å². The Hall–Kier alpha value is -4.20. The lowest BCUT2D eigenvalue weighted by Gasteiger charge is -2.13. The summed E-state index contributed by atoms with van der Waals surface area (Å²) in [5, 5.41) is 13.7. The third-order valence-corrected chi connectivity index (χ3v) is 5.27. The van der Waals surface area contributed by atoms with Gasteiger partial charge in [0.15, 0.2) is 5.65 Å². The Balaban J connectivity index is 1.52. The fourth-order valence-electron chi connectivity index (χ4n) is 3.51. The number of pyridine rings is 1. The molecular weight excluding hydrogens is 416 g/mol. The van der Waals surface area contributed by atoms with Crippen LogP contribution in [0, 0.1) is 13.8 Å². The second-order valence-corrected chi connectivity index (χ2v) is 8.15. The van der Waals surface area contributed by atoms with Crippen LogP contribution in [0.15, 0.2) is 60.8 Å². The fraction of sp³-hybridized carbons (Fsp3) is 0.200. The molecule has 0 unspecified atom stereocenters. The molecule has 4 rings (SSSR count). The Morgan fingerprint density at radius 2 is 1.64 bits per heavy atom. The van der Waals surface area contributed by atoms with Crippen LogP contribution in [0.5, 0.6) is 0 Å². The zero-order chi connectivity index (χ0) is 23.5. The topological polar surface area (TPSA) is 101 Å². The van der Waals surface area contributed by atoms with Gasteiger partial charge in [0, 0.05) is 28.5 Å². The number of urea groups is 1. The highest BCUT2D eigenvalue weighted by atomic mass is 16.2. The summed E-state index contributed by atoms with van der Waals surface area (Å²) in [6, 6.07) is 16.2. The molecule has 0 spiro atoms. The number of carbonyl (C=O) groups is 2. The van der Waals surface area contributed by atoms with Crippen molar-refractivity contribution in [3.8, 4) is 0 Å². The largest absolute Gasteiger partial charge is 0.323 e. The molecule has 3 N–H and O–H groups in total. The molecule has 4 aromatic rings. The van der Waals surface area contributed by atoms with Gasteiger partial charge in [0.25, 0.3) is 5.91 Å². The van der Waals surface area contributed by atoms with E-state index < -0.39 is 0 Å². The van der Waals surface area contributed by atoms with Crippen molar-refractivity contribution in [2.75, 3.05) is 16.0 Å². The number of hydrogen-bond acceptors (Lipinski definition) is 4. The van der Waals surface area contributed by atoms with Crippen molar-refractivity contribution in [2.24, 2.45) is 0 Å². The summed E-state index contributed by atoms with van der Waals surface area (Å²) in [4.78, 5) is 30.0. The summed E-state index contributed by atoms with van der Waals surface area (Å²) in [5.74, 6) is -0.270. The molecule has 0 atom stereocenters. The van der Waals surface area contributed by atoms with Gasteiger partial charge in [0.2, 0.25) is 0 Å². The zero-order valence-electron chi connectivity index (χ0n) is 19.0. The van der Waals surface area contributed by atoms with E-state index in [-0.39, 0.29) is 18.0 Å². The lowest BCUT2D eigenvalue weighted by atomic mass is 10.1. The molecule has 2 heterocycles. The van der Waals surface area contributed by atoms with E-state index in [9.17, 15) is 9.59 Å². The molecule has 33 heavy (non-hydrogen) atoms. The van der Waals surface area contributed by atoms with Gasteiger partial charge in [-0.05, 0) is 63.6 Å². The molecule has 2 aromatic heterocycles. The Bertz CT molecular complexity index is 1330. The molecule has 0 bridgehead atoms. The molecule has 168 valence electrons. The minimum atomic E-state index is -0.366. The Morgan fingerprint density at radius 3 is 2.36 bits per heavy atom. The monoisotopic (exact) mass is 442 g/mol. The number of amides is 3. The van der Waals surface area contributed by atoms with E-state index >= 15 is 0 Å². The summed E-state index contributed by atoms with van der Waals surface area (Å²) in [6.07, 6.45) is 1.72. The quantitative estimate of drug-likeness (QED) is 0.378. The van der Waals surface area contributed by atoms with Crippen LogP contribution in [-0.2, 0) is 0 Å². The van der Waals surface area contributed by atoms with E-state index in [0.717, 1.165) is 16.6 Å². The SMILES string of the molecule is Cc1ccc(NC(=O)Nc2ccccc2)cc1NC(=O)c1cc2cnn(C(C)C)c2nc1C. The van der Waals surface area contributed by atoms with Gasteiger partial charge in [-0.1, -0.05) is 24.3 Å². The van der Waals surface area contributed by atoms with Crippen LogP contribution in [0.2, 0.25) is 0 Å². The average Bonchev–Trinajstić information content (AvgIpc) is 3.19. The Kier molecular flexibility index (Phi) is 6.08. The minimum absolute atomic E-state index is 0.172. The molecule has 0 saturated heterocycles. The molecule has 0 fully saturated rings. The van der Waals surface area contributed by atoms with Crippen molar-refractivity contribution < 1.29 is 9.59 Å². The van der Waals surface area contributed by atoms with Crippen LogP contribution >= 0.6 is 0 Å². The van der Waals surface area contributed by atoms with Crippen LogP contribution < -0.4 is 16.0 Å². The third kappa shape index (κ3) is 4.85. The number of nitrogens with zero attached hydrogens (tertiary/aromatic N) is 3. The molecule has 0 aliphatic rings.